The summed E-state index contributed by atoms with van der Waals surface area (Å²) in [6.45, 7) is 0. The summed E-state index contributed by atoms with van der Waals surface area (Å²) < 4.78 is 14.2. The van der Waals surface area contributed by atoms with Crippen LogP contribution in [0.4, 0.5) is 15.8 Å². The van der Waals surface area contributed by atoms with Gasteiger partial charge in [-0.2, -0.15) is 4.39 Å². The molecule has 1 aromatic carbocycles. The molecule has 6 heteroatoms. The smallest absolute Gasteiger partial charge is 0.332 e. The summed E-state index contributed by atoms with van der Waals surface area (Å²) in [5.41, 5.74) is 0.774. The Bertz CT molecular complexity index is 818. The first-order valence-corrected chi connectivity index (χ1v) is 7.55. The molecule has 0 saturated carbocycles. The molecule has 1 heterocycles. The monoisotopic (exact) mass is 326 g/mol. The molecule has 0 spiro atoms. The molecule has 1 aliphatic carbocycles. The maximum absolute atomic E-state index is 14.2. The number of hydrogen-bond acceptors (Lipinski definition) is 3. The van der Waals surface area contributed by atoms with Gasteiger partial charge in [0.1, 0.15) is 5.69 Å². The molecule has 1 aliphatic rings. The van der Waals surface area contributed by atoms with Crippen molar-refractivity contribution in [2.24, 2.45) is 0 Å². The maximum Gasteiger partial charge on any atom is 0.332 e. The molecule has 2 aromatic rings. The second kappa shape index (κ2) is 6.62. The Hall–Kier alpha value is -3.02. The number of rotatable bonds is 4. The quantitative estimate of drug-likeness (QED) is 0.874. The lowest BCUT2D eigenvalue weighted by Gasteiger charge is -2.24. The summed E-state index contributed by atoms with van der Waals surface area (Å²) in [5, 5.41) is 9.30. The Morgan fingerprint density at radius 2 is 1.75 bits per heavy atom. The highest BCUT2D eigenvalue weighted by atomic mass is 19.1. The van der Waals surface area contributed by atoms with Gasteiger partial charge in [0, 0.05) is 23.0 Å². The van der Waals surface area contributed by atoms with E-state index in [9.17, 15) is 19.1 Å². The lowest BCUT2D eigenvalue weighted by atomic mass is 10.1. The SMILES string of the molecule is O=C(O)C1=C(C(=O)N(c2ccccc2)c2cccnc2F)CCC1. The van der Waals surface area contributed by atoms with E-state index in [-0.39, 0.29) is 16.8 Å². The van der Waals surface area contributed by atoms with Crippen LogP contribution in [0.2, 0.25) is 0 Å². The molecule has 0 radical (unpaired) electrons. The Kier molecular flexibility index (Phi) is 4.37. The highest BCUT2D eigenvalue weighted by Gasteiger charge is 2.31. The van der Waals surface area contributed by atoms with Crippen LogP contribution in [0.5, 0.6) is 0 Å². The van der Waals surface area contributed by atoms with E-state index < -0.39 is 17.8 Å². The normalized spacial score (nSPS) is 13.9. The summed E-state index contributed by atoms with van der Waals surface area (Å²) in [4.78, 5) is 29.2. The lowest BCUT2D eigenvalue weighted by molar-refractivity contribution is -0.133. The predicted octanol–water partition coefficient (Wildman–Crippen LogP) is 3.45. The second-order valence-electron chi connectivity index (χ2n) is 5.41. The van der Waals surface area contributed by atoms with Crippen molar-refractivity contribution in [1.82, 2.24) is 4.98 Å². The average molecular weight is 326 g/mol. The van der Waals surface area contributed by atoms with Gasteiger partial charge in [0.2, 0.25) is 5.95 Å². The van der Waals surface area contributed by atoms with E-state index in [2.05, 4.69) is 4.98 Å². The van der Waals surface area contributed by atoms with E-state index >= 15 is 0 Å². The molecule has 3 rings (SSSR count). The van der Waals surface area contributed by atoms with Gasteiger partial charge in [-0.1, -0.05) is 18.2 Å². The van der Waals surface area contributed by atoms with Crippen LogP contribution >= 0.6 is 0 Å². The van der Waals surface area contributed by atoms with Gasteiger partial charge in [-0.3, -0.25) is 9.69 Å². The standard InChI is InChI=1S/C18H15FN2O3/c19-16-15(10-5-11-20-16)21(12-6-2-1-3-7-12)17(22)13-8-4-9-14(13)18(23)24/h1-3,5-7,10-11H,4,8-9H2,(H,23,24). The van der Waals surface area contributed by atoms with Crippen LogP contribution < -0.4 is 4.90 Å². The van der Waals surface area contributed by atoms with Gasteiger partial charge < -0.3 is 5.11 Å². The lowest BCUT2D eigenvalue weighted by Crippen LogP contribution is -2.29. The van der Waals surface area contributed by atoms with E-state index in [4.69, 9.17) is 0 Å². The van der Waals surface area contributed by atoms with Gasteiger partial charge in [-0.25, -0.2) is 9.78 Å². The van der Waals surface area contributed by atoms with Gasteiger partial charge in [-0.15, -0.1) is 0 Å². The largest absolute Gasteiger partial charge is 0.478 e. The second-order valence-corrected chi connectivity index (χ2v) is 5.41. The highest BCUT2D eigenvalue weighted by molar-refractivity contribution is 6.14. The predicted molar refractivity (Wildman–Crippen MR) is 86.3 cm³/mol. The molecule has 1 amide bonds. The number of hydrogen-bond donors (Lipinski definition) is 1. The summed E-state index contributed by atoms with van der Waals surface area (Å²) in [5.74, 6) is -2.41. The van der Waals surface area contributed by atoms with Crippen LogP contribution in [0, 0.1) is 5.95 Å². The minimum atomic E-state index is -1.10. The number of amides is 1. The van der Waals surface area contributed by atoms with E-state index in [0.717, 1.165) is 0 Å². The summed E-state index contributed by atoms with van der Waals surface area (Å²) in [6.07, 6.45) is 2.60. The highest BCUT2D eigenvalue weighted by Crippen LogP contribution is 2.34. The topological polar surface area (TPSA) is 70.5 Å². The summed E-state index contributed by atoms with van der Waals surface area (Å²) in [6, 6.07) is 11.5. The van der Waals surface area contributed by atoms with Crippen molar-refractivity contribution in [2.45, 2.75) is 19.3 Å². The van der Waals surface area contributed by atoms with Gasteiger partial charge in [-0.05, 0) is 43.5 Å². The van der Waals surface area contributed by atoms with Crippen LogP contribution in [0.25, 0.3) is 0 Å². The number of halogens is 1. The minimum Gasteiger partial charge on any atom is -0.478 e. The first-order valence-electron chi connectivity index (χ1n) is 7.55. The number of carboxylic acid groups (broad SMARTS) is 1. The molecule has 0 unspecified atom stereocenters. The molecule has 122 valence electrons. The van der Waals surface area contributed by atoms with Crippen LogP contribution in [-0.2, 0) is 9.59 Å². The Labute approximate surface area is 138 Å². The number of pyridine rings is 1. The van der Waals surface area contributed by atoms with Crippen molar-refractivity contribution in [1.29, 1.82) is 0 Å². The van der Waals surface area contributed by atoms with Gasteiger partial charge in [0.15, 0.2) is 0 Å². The Morgan fingerprint density at radius 3 is 2.42 bits per heavy atom. The number of anilines is 2. The zero-order valence-electron chi connectivity index (χ0n) is 12.8. The van der Waals surface area contributed by atoms with Crippen molar-refractivity contribution in [3.05, 3.63) is 65.8 Å². The minimum absolute atomic E-state index is 0.00200. The number of carbonyl (C=O) groups excluding carboxylic acids is 1. The van der Waals surface area contributed by atoms with Gasteiger partial charge >= 0.3 is 5.97 Å². The number of benzene rings is 1. The molecule has 0 bridgehead atoms. The maximum atomic E-state index is 14.2. The van der Waals surface area contributed by atoms with Crippen molar-refractivity contribution >= 4 is 23.3 Å². The molecule has 0 saturated heterocycles. The molecular weight excluding hydrogens is 311 g/mol. The molecular formula is C18H15FN2O3. The van der Waals surface area contributed by atoms with E-state index in [1.807, 2.05) is 0 Å². The van der Waals surface area contributed by atoms with Crippen LogP contribution in [0.1, 0.15) is 19.3 Å². The van der Waals surface area contributed by atoms with Gasteiger partial charge in [0.05, 0.1) is 0 Å². The van der Waals surface area contributed by atoms with Crippen molar-refractivity contribution in [2.75, 3.05) is 4.90 Å². The number of carboxylic acids is 1. The fraction of sp³-hybridized carbons (Fsp3) is 0.167. The van der Waals surface area contributed by atoms with Gasteiger partial charge in [0.25, 0.3) is 5.91 Å². The third-order valence-corrected chi connectivity index (χ3v) is 3.93. The first-order chi connectivity index (χ1) is 11.6. The van der Waals surface area contributed by atoms with E-state index in [1.165, 1.54) is 23.2 Å². The zero-order valence-corrected chi connectivity index (χ0v) is 12.8. The van der Waals surface area contributed by atoms with E-state index in [0.29, 0.717) is 24.9 Å². The van der Waals surface area contributed by atoms with Crippen molar-refractivity contribution in [3.8, 4) is 0 Å². The van der Waals surface area contributed by atoms with E-state index in [1.54, 1.807) is 30.3 Å². The van der Waals surface area contributed by atoms with Crippen LogP contribution in [0.15, 0.2) is 59.8 Å². The fourth-order valence-corrected chi connectivity index (χ4v) is 2.84. The summed E-state index contributed by atoms with van der Waals surface area (Å²) >= 11 is 0. The molecule has 1 aromatic heterocycles. The Morgan fingerprint density at radius 1 is 1.04 bits per heavy atom. The van der Waals surface area contributed by atoms with Crippen LogP contribution in [-0.4, -0.2) is 22.0 Å². The summed E-state index contributed by atoms with van der Waals surface area (Å²) in [7, 11) is 0. The Balaban J connectivity index is 2.13. The average Bonchev–Trinajstić information content (AvgIpc) is 3.08. The number of para-hydroxylation sites is 1. The van der Waals surface area contributed by atoms with Crippen molar-refractivity contribution in [3.63, 3.8) is 0 Å². The third kappa shape index (κ3) is 2.90. The molecule has 5 nitrogen and oxygen atoms in total. The molecule has 0 atom stereocenters. The molecule has 24 heavy (non-hydrogen) atoms. The number of nitrogens with zero attached hydrogens (tertiary/aromatic N) is 2. The molecule has 0 aliphatic heterocycles. The molecule has 1 N–H and O–H groups in total. The number of aliphatic carboxylic acids is 1. The van der Waals surface area contributed by atoms with Crippen molar-refractivity contribution < 1.29 is 19.1 Å². The third-order valence-electron chi connectivity index (χ3n) is 3.93. The number of carbonyl (C=O) groups is 2. The fourth-order valence-electron chi connectivity index (χ4n) is 2.84. The zero-order chi connectivity index (χ0) is 17.1. The first kappa shape index (κ1) is 15.9. The van der Waals surface area contributed by atoms with Crippen LogP contribution in [0.3, 0.4) is 0 Å². The number of aromatic nitrogens is 1. The molecule has 0 fully saturated rings.